The molecule has 0 aliphatic carbocycles. The van der Waals surface area contributed by atoms with Crippen molar-refractivity contribution >= 4 is 11.7 Å². The van der Waals surface area contributed by atoms with Crippen molar-refractivity contribution in [3.63, 3.8) is 0 Å². The molecule has 0 spiro atoms. The molecule has 0 amide bonds. The quantitative estimate of drug-likeness (QED) is 0.482. The van der Waals surface area contributed by atoms with Crippen LogP contribution >= 0.6 is 0 Å². The normalized spacial score (nSPS) is 10.5. The van der Waals surface area contributed by atoms with Gasteiger partial charge in [-0.2, -0.15) is 0 Å². The highest BCUT2D eigenvalue weighted by Crippen LogP contribution is 2.17. The van der Waals surface area contributed by atoms with Crippen LogP contribution in [0.5, 0.6) is 0 Å². The molecular formula is C16H18N2O4. The third-order valence-corrected chi connectivity index (χ3v) is 3.63. The number of ether oxygens (including phenoxy) is 1. The van der Waals surface area contributed by atoms with E-state index in [0.29, 0.717) is 11.1 Å². The summed E-state index contributed by atoms with van der Waals surface area (Å²) in [5.41, 5.74) is 3.18. The zero-order chi connectivity index (χ0) is 16.3. The minimum atomic E-state index is -0.463. The summed E-state index contributed by atoms with van der Waals surface area (Å²) in [6, 6.07) is 7.77. The highest BCUT2D eigenvalue weighted by molar-refractivity contribution is 5.91. The molecule has 0 unspecified atom stereocenters. The number of nitrogens with zero attached hydrogens (tertiary/aromatic N) is 2. The van der Waals surface area contributed by atoms with Crippen molar-refractivity contribution in [1.29, 1.82) is 0 Å². The number of carbonyl (C=O) groups excluding carboxylic acids is 1. The molecule has 0 fully saturated rings. The van der Waals surface area contributed by atoms with Gasteiger partial charge in [-0.15, -0.1) is 0 Å². The Morgan fingerprint density at radius 2 is 1.91 bits per heavy atom. The standard InChI is InChI=1S/C16H18N2O4/c1-4-17-11(2)9-15(12(17)3)16(19)22-10-13-5-7-14(8-6-13)18(20)21/h5-9H,4,10H2,1-3H3. The molecule has 0 radical (unpaired) electrons. The SMILES string of the molecule is CCn1c(C)cc(C(=O)OCc2ccc([N+](=O)[O-])cc2)c1C. The molecule has 1 aromatic carbocycles. The molecule has 0 atom stereocenters. The number of nitro groups is 1. The number of hydrogen-bond donors (Lipinski definition) is 0. The van der Waals surface area contributed by atoms with E-state index in [-0.39, 0.29) is 18.3 Å². The summed E-state index contributed by atoms with van der Waals surface area (Å²) in [7, 11) is 0. The Labute approximate surface area is 128 Å². The molecular weight excluding hydrogens is 284 g/mol. The van der Waals surface area contributed by atoms with Crippen LogP contribution in [0.4, 0.5) is 5.69 Å². The zero-order valence-corrected chi connectivity index (χ0v) is 12.8. The molecule has 116 valence electrons. The van der Waals surface area contributed by atoms with Gasteiger partial charge in [-0.3, -0.25) is 10.1 Å². The minimum absolute atomic E-state index is 0.0153. The van der Waals surface area contributed by atoms with Gasteiger partial charge in [-0.1, -0.05) is 0 Å². The van der Waals surface area contributed by atoms with Crippen LogP contribution in [0.2, 0.25) is 0 Å². The molecule has 1 heterocycles. The van der Waals surface area contributed by atoms with Crippen LogP contribution in [0.3, 0.4) is 0 Å². The van der Waals surface area contributed by atoms with E-state index >= 15 is 0 Å². The third-order valence-electron chi connectivity index (χ3n) is 3.63. The van der Waals surface area contributed by atoms with Crippen LogP contribution in [0, 0.1) is 24.0 Å². The van der Waals surface area contributed by atoms with Crippen molar-refractivity contribution in [2.45, 2.75) is 33.9 Å². The fraction of sp³-hybridized carbons (Fsp3) is 0.312. The maximum Gasteiger partial charge on any atom is 0.340 e. The molecule has 0 bridgehead atoms. The van der Waals surface area contributed by atoms with Gasteiger partial charge < -0.3 is 9.30 Å². The van der Waals surface area contributed by atoms with Crippen LogP contribution in [0.1, 0.15) is 34.2 Å². The lowest BCUT2D eigenvalue weighted by Crippen LogP contribution is -2.07. The first-order valence-corrected chi connectivity index (χ1v) is 7.01. The number of hydrogen-bond acceptors (Lipinski definition) is 4. The van der Waals surface area contributed by atoms with Crippen molar-refractivity contribution in [3.8, 4) is 0 Å². The summed E-state index contributed by atoms with van der Waals surface area (Å²) < 4.78 is 7.33. The molecule has 0 saturated heterocycles. The number of non-ortho nitro benzene ring substituents is 1. The minimum Gasteiger partial charge on any atom is -0.457 e. The molecule has 22 heavy (non-hydrogen) atoms. The van der Waals surface area contributed by atoms with Gasteiger partial charge in [0, 0.05) is 30.1 Å². The number of aromatic nitrogens is 1. The van der Waals surface area contributed by atoms with Crippen LogP contribution < -0.4 is 0 Å². The van der Waals surface area contributed by atoms with E-state index in [1.54, 1.807) is 12.1 Å². The summed E-state index contributed by atoms with van der Waals surface area (Å²) in [6.45, 7) is 6.74. The molecule has 0 aliphatic heterocycles. The Hall–Kier alpha value is -2.63. The smallest absolute Gasteiger partial charge is 0.340 e. The Bertz CT molecular complexity index is 702. The Morgan fingerprint density at radius 1 is 1.27 bits per heavy atom. The zero-order valence-electron chi connectivity index (χ0n) is 12.8. The van der Waals surface area contributed by atoms with E-state index in [4.69, 9.17) is 4.74 Å². The molecule has 0 N–H and O–H groups in total. The number of carbonyl (C=O) groups is 1. The van der Waals surface area contributed by atoms with E-state index in [1.165, 1.54) is 12.1 Å². The second-order valence-corrected chi connectivity index (χ2v) is 5.03. The van der Waals surface area contributed by atoms with E-state index in [1.807, 2.05) is 31.4 Å². The maximum absolute atomic E-state index is 12.2. The Morgan fingerprint density at radius 3 is 2.41 bits per heavy atom. The number of benzene rings is 1. The second kappa shape index (κ2) is 6.43. The lowest BCUT2D eigenvalue weighted by atomic mass is 10.2. The summed E-state index contributed by atoms with van der Waals surface area (Å²) in [5.74, 6) is -0.383. The van der Waals surface area contributed by atoms with E-state index < -0.39 is 4.92 Å². The lowest BCUT2D eigenvalue weighted by molar-refractivity contribution is -0.384. The predicted molar refractivity (Wildman–Crippen MR) is 81.8 cm³/mol. The molecule has 6 heteroatoms. The van der Waals surface area contributed by atoms with Crippen molar-refractivity contribution < 1.29 is 14.5 Å². The number of nitro benzene ring substituents is 1. The van der Waals surface area contributed by atoms with Gasteiger partial charge in [0.2, 0.25) is 0 Å². The second-order valence-electron chi connectivity index (χ2n) is 5.03. The number of rotatable bonds is 5. The first kappa shape index (κ1) is 15.8. The van der Waals surface area contributed by atoms with Crippen molar-refractivity contribution in [3.05, 3.63) is 63.0 Å². The molecule has 6 nitrogen and oxygen atoms in total. The monoisotopic (exact) mass is 302 g/mol. The van der Waals surface area contributed by atoms with Crippen LogP contribution in [0.25, 0.3) is 0 Å². The number of aryl methyl sites for hydroxylation is 1. The van der Waals surface area contributed by atoms with Crippen LogP contribution in [-0.4, -0.2) is 15.5 Å². The van der Waals surface area contributed by atoms with E-state index in [0.717, 1.165) is 17.9 Å². The molecule has 0 aliphatic rings. The Kier molecular flexibility index (Phi) is 4.60. The highest BCUT2D eigenvalue weighted by Gasteiger charge is 2.16. The lowest BCUT2D eigenvalue weighted by Gasteiger charge is -2.07. The first-order valence-electron chi connectivity index (χ1n) is 7.01. The summed E-state index contributed by atoms with van der Waals surface area (Å²) >= 11 is 0. The average Bonchev–Trinajstić information content (AvgIpc) is 2.79. The largest absolute Gasteiger partial charge is 0.457 e. The van der Waals surface area contributed by atoms with Gasteiger partial charge in [-0.25, -0.2) is 4.79 Å². The first-order chi connectivity index (χ1) is 10.4. The summed E-state index contributed by atoms with van der Waals surface area (Å²) in [4.78, 5) is 22.3. The maximum atomic E-state index is 12.2. The van der Waals surface area contributed by atoms with Gasteiger partial charge in [0.25, 0.3) is 5.69 Å². The van der Waals surface area contributed by atoms with Gasteiger partial charge >= 0.3 is 5.97 Å². The third kappa shape index (κ3) is 3.16. The summed E-state index contributed by atoms with van der Waals surface area (Å²) in [6.07, 6.45) is 0. The van der Waals surface area contributed by atoms with Crippen molar-refractivity contribution in [2.75, 3.05) is 0 Å². The van der Waals surface area contributed by atoms with E-state index in [2.05, 4.69) is 0 Å². The van der Waals surface area contributed by atoms with Crippen LogP contribution in [0.15, 0.2) is 30.3 Å². The van der Waals surface area contributed by atoms with Gasteiger partial charge in [0.05, 0.1) is 10.5 Å². The van der Waals surface area contributed by atoms with Crippen LogP contribution in [-0.2, 0) is 17.9 Å². The Balaban J connectivity index is 2.05. The van der Waals surface area contributed by atoms with Gasteiger partial charge in [0.1, 0.15) is 6.61 Å². The van der Waals surface area contributed by atoms with Gasteiger partial charge in [0.15, 0.2) is 0 Å². The molecule has 0 saturated carbocycles. The topological polar surface area (TPSA) is 74.4 Å². The average molecular weight is 302 g/mol. The molecule has 2 aromatic rings. The predicted octanol–water partition coefficient (Wildman–Crippen LogP) is 3.39. The van der Waals surface area contributed by atoms with Crippen molar-refractivity contribution in [2.24, 2.45) is 0 Å². The molecule has 1 aromatic heterocycles. The fourth-order valence-corrected chi connectivity index (χ4v) is 2.43. The summed E-state index contributed by atoms with van der Waals surface area (Å²) in [5, 5.41) is 10.6. The van der Waals surface area contributed by atoms with E-state index in [9.17, 15) is 14.9 Å². The highest BCUT2D eigenvalue weighted by atomic mass is 16.6. The van der Waals surface area contributed by atoms with Gasteiger partial charge in [-0.05, 0) is 44.5 Å². The fourth-order valence-electron chi connectivity index (χ4n) is 2.43. The number of esters is 1. The molecule has 2 rings (SSSR count). The van der Waals surface area contributed by atoms with Crippen molar-refractivity contribution in [1.82, 2.24) is 4.57 Å².